The fourth-order valence-electron chi connectivity index (χ4n) is 2.08. The molecule has 0 amide bonds. The van der Waals surface area contributed by atoms with Crippen LogP contribution in [-0.4, -0.2) is 20.0 Å². The molecule has 1 aromatic carbocycles. The first kappa shape index (κ1) is 11.6. The summed E-state index contributed by atoms with van der Waals surface area (Å²) in [6.07, 6.45) is 1.21. The van der Waals surface area contributed by atoms with Gasteiger partial charge in [-0.15, -0.1) is 0 Å². The molecular formula is C13H18O2S. The minimum Gasteiger partial charge on any atom is -0.496 e. The first-order chi connectivity index (χ1) is 7.60. The van der Waals surface area contributed by atoms with E-state index in [1.807, 2.05) is 18.7 Å². The van der Waals surface area contributed by atoms with Gasteiger partial charge in [0.2, 0.25) is 0 Å². The van der Waals surface area contributed by atoms with E-state index in [9.17, 15) is 0 Å². The highest BCUT2D eigenvalue weighted by Gasteiger charge is 2.37. The van der Waals surface area contributed by atoms with Gasteiger partial charge in [0.15, 0.2) is 0 Å². The van der Waals surface area contributed by atoms with E-state index in [4.69, 9.17) is 9.47 Å². The van der Waals surface area contributed by atoms with E-state index in [-0.39, 0.29) is 4.75 Å². The lowest BCUT2D eigenvalue weighted by Gasteiger charge is -2.39. The van der Waals surface area contributed by atoms with Crippen LogP contribution in [0.3, 0.4) is 0 Å². The van der Waals surface area contributed by atoms with Crippen LogP contribution < -0.4 is 9.47 Å². The zero-order chi connectivity index (χ0) is 11.8. The van der Waals surface area contributed by atoms with Gasteiger partial charge in [0.05, 0.1) is 14.2 Å². The van der Waals surface area contributed by atoms with Crippen molar-refractivity contribution >= 4 is 11.8 Å². The van der Waals surface area contributed by atoms with Gasteiger partial charge in [-0.3, -0.25) is 0 Å². The molecule has 2 rings (SSSR count). The summed E-state index contributed by atoms with van der Waals surface area (Å²) in [6.45, 7) is 4.31. The van der Waals surface area contributed by atoms with Crippen molar-refractivity contribution in [2.24, 2.45) is 0 Å². The van der Waals surface area contributed by atoms with Crippen molar-refractivity contribution in [1.29, 1.82) is 0 Å². The van der Waals surface area contributed by atoms with Crippen LogP contribution in [0.4, 0.5) is 0 Å². The standard InChI is InChI=1S/C13H18O2S/c1-9-7-12(15-4)10(8-11(9)14-3)13(2)5-6-16-13/h7-8H,5-6H2,1-4H3. The Morgan fingerprint density at radius 3 is 2.25 bits per heavy atom. The summed E-state index contributed by atoms with van der Waals surface area (Å²) >= 11 is 1.98. The van der Waals surface area contributed by atoms with Crippen molar-refractivity contribution in [2.75, 3.05) is 20.0 Å². The minimum absolute atomic E-state index is 0.201. The molecule has 1 atom stereocenters. The fourth-order valence-corrected chi connectivity index (χ4v) is 3.22. The van der Waals surface area contributed by atoms with Crippen molar-refractivity contribution in [1.82, 2.24) is 0 Å². The molecule has 1 aliphatic rings. The van der Waals surface area contributed by atoms with Gasteiger partial charge in [0, 0.05) is 10.3 Å². The molecule has 0 spiro atoms. The third-order valence-corrected chi connectivity index (χ3v) is 4.76. The van der Waals surface area contributed by atoms with E-state index in [1.165, 1.54) is 17.7 Å². The van der Waals surface area contributed by atoms with Gasteiger partial charge in [0.25, 0.3) is 0 Å². The van der Waals surface area contributed by atoms with Gasteiger partial charge < -0.3 is 9.47 Å². The van der Waals surface area contributed by atoms with Crippen LogP contribution in [0.1, 0.15) is 24.5 Å². The summed E-state index contributed by atoms with van der Waals surface area (Å²) in [6, 6.07) is 4.19. The molecule has 0 bridgehead atoms. The van der Waals surface area contributed by atoms with Gasteiger partial charge in [-0.1, -0.05) is 0 Å². The quantitative estimate of drug-likeness (QED) is 0.804. The summed E-state index contributed by atoms with van der Waals surface area (Å²) in [4.78, 5) is 0. The third kappa shape index (κ3) is 1.77. The highest BCUT2D eigenvalue weighted by Crippen LogP contribution is 2.52. The average Bonchev–Trinajstić information content (AvgIpc) is 2.25. The summed E-state index contributed by atoms with van der Waals surface area (Å²) in [5.74, 6) is 3.16. The minimum atomic E-state index is 0.201. The maximum atomic E-state index is 5.48. The van der Waals surface area contributed by atoms with E-state index < -0.39 is 0 Å². The number of hydrogen-bond acceptors (Lipinski definition) is 3. The predicted octanol–water partition coefficient (Wildman–Crippen LogP) is 3.36. The number of ether oxygens (including phenoxy) is 2. The lowest BCUT2D eigenvalue weighted by atomic mass is 9.94. The van der Waals surface area contributed by atoms with E-state index in [2.05, 4.69) is 19.1 Å². The lowest BCUT2D eigenvalue weighted by molar-refractivity contribution is 0.389. The second-order valence-electron chi connectivity index (χ2n) is 4.35. The molecule has 1 unspecified atom stereocenters. The Morgan fingerprint density at radius 2 is 1.81 bits per heavy atom. The zero-order valence-corrected chi connectivity index (χ0v) is 11.1. The number of methoxy groups -OCH3 is 2. The first-order valence-electron chi connectivity index (χ1n) is 5.48. The summed E-state index contributed by atoms with van der Waals surface area (Å²) in [5, 5.41) is 0. The smallest absolute Gasteiger partial charge is 0.123 e. The molecule has 1 saturated heterocycles. The maximum absolute atomic E-state index is 5.48. The Morgan fingerprint density at radius 1 is 1.19 bits per heavy atom. The summed E-state index contributed by atoms with van der Waals surface area (Å²) < 4.78 is 11.1. The van der Waals surface area contributed by atoms with E-state index in [0.717, 1.165) is 17.1 Å². The molecule has 1 aromatic rings. The summed E-state index contributed by atoms with van der Waals surface area (Å²) in [5.41, 5.74) is 2.38. The molecule has 1 heterocycles. The molecule has 0 N–H and O–H groups in total. The summed E-state index contributed by atoms with van der Waals surface area (Å²) in [7, 11) is 3.45. The zero-order valence-electron chi connectivity index (χ0n) is 10.3. The first-order valence-corrected chi connectivity index (χ1v) is 6.46. The molecule has 1 aliphatic heterocycles. The largest absolute Gasteiger partial charge is 0.496 e. The van der Waals surface area contributed by atoms with Crippen LogP contribution in [0.25, 0.3) is 0 Å². The Hall–Kier alpha value is -0.830. The SMILES string of the molecule is COc1cc(C2(C)CCS2)c(OC)cc1C. The number of benzene rings is 1. The molecular weight excluding hydrogens is 220 g/mol. The van der Waals surface area contributed by atoms with Crippen LogP contribution in [0.5, 0.6) is 11.5 Å². The van der Waals surface area contributed by atoms with Crippen molar-refractivity contribution in [3.63, 3.8) is 0 Å². The lowest BCUT2D eigenvalue weighted by Crippen LogP contribution is -2.28. The van der Waals surface area contributed by atoms with Crippen molar-refractivity contribution in [3.8, 4) is 11.5 Å². The Labute approximate surface area is 101 Å². The number of aryl methyl sites for hydroxylation is 1. The molecule has 0 saturated carbocycles. The highest BCUT2D eigenvalue weighted by atomic mass is 32.2. The molecule has 0 aromatic heterocycles. The Bertz CT molecular complexity index is 397. The predicted molar refractivity (Wildman–Crippen MR) is 68.7 cm³/mol. The molecule has 1 fully saturated rings. The Kier molecular flexibility index (Phi) is 3.06. The molecule has 16 heavy (non-hydrogen) atoms. The van der Waals surface area contributed by atoms with Gasteiger partial charge in [-0.05, 0) is 43.7 Å². The van der Waals surface area contributed by atoms with E-state index >= 15 is 0 Å². The van der Waals surface area contributed by atoms with Gasteiger partial charge >= 0.3 is 0 Å². The van der Waals surface area contributed by atoms with Gasteiger partial charge in [0.1, 0.15) is 11.5 Å². The van der Waals surface area contributed by atoms with E-state index in [1.54, 1.807) is 14.2 Å². The van der Waals surface area contributed by atoms with Crippen molar-refractivity contribution in [2.45, 2.75) is 25.0 Å². The molecule has 2 nitrogen and oxygen atoms in total. The second-order valence-corrected chi connectivity index (χ2v) is 5.95. The molecule has 0 radical (unpaired) electrons. The molecule has 0 aliphatic carbocycles. The maximum Gasteiger partial charge on any atom is 0.123 e. The Balaban J connectivity index is 2.49. The molecule has 88 valence electrons. The number of hydrogen-bond donors (Lipinski definition) is 0. The molecule has 3 heteroatoms. The fraction of sp³-hybridized carbons (Fsp3) is 0.538. The number of rotatable bonds is 3. The average molecular weight is 238 g/mol. The highest BCUT2D eigenvalue weighted by molar-refractivity contribution is 8.01. The topological polar surface area (TPSA) is 18.5 Å². The van der Waals surface area contributed by atoms with Crippen molar-refractivity contribution in [3.05, 3.63) is 23.3 Å². The van der Waals surface area contributed by atoms with Crippen LogP contribution in [0.2, 0.25) is 0 Å². The van der Waals surface area contributed by atoms with Crippen LogP contribution in [0, 0.1) is 6.92 Å². The second kappa shape index (κ2) is 4.21. The third-order valence-electron chi connectivity index (χ3n) is 3.29. The van der Waals surface area contributed by atoms with Crippen LogP contribution in [-0.2, 0) is 4.75 Å². The normalized spacial score (nSPS) is 23.8. The van der Waals surface area contributed by atoms with Gasteiger partial charge in [-0.25, -0.2) is 0 Å². The monoisotopic (exact) mass is 238 g/mol. The number of thioether (sulfide) groups is 1. The van der Waals surface area contributed by atoms with Gasteiger partial charge in [-0.2, -0.15) is 11.8 Å². The van der Waals surface area contributed by atoms with E-state index in [0.29, 0.717) is 0 Å². The van der Waals surface area contributed by atoms with Crippen molar-refractivity contribution < 1.29 is 9.47 Å². The van der Waals surface area contributed by atoms with Crippen LogP contribution >= 0.6 is 11.8 Å². The van der Waals surface area contributed by atoms with Crippen LogP contribution in [0.15, 0.2) is 12.1 Å².